The van der Waals surface area contributed by atoms with Crippen LogP contribution in [0.2, 0.25) is 0 Å². The van der Waals surface area contributed by atoms with Crippen molar-refractivity contribution < 1.29 is 9.59 Å². The Morgan fingerprint density at radius 3 is 1.27 bits per heavy atom. The molecule has 0 aliphatic rings. The summed E-state index contributed by atoms with van der Waals surface area (Å²) in [6.45, 7) is 3.76. The van der Waals surface area contributed by atoms with Gasteiger partial charge in [0.15, 0.2) is 0 Å². The van der Waals surface area contributed by atoms with Gasteiger partial charge < -0.3 is 9.80 Å². The molecule has 0 rings (SSSR count). The molecule has 0 unspecified atom stereocenters. The zero-order valence-electron chi connectivity index (χ0n) is 10.6. The molecule has 0 spiro atoms. The van der Waals surface area contributed by atoms with Gasteiger partial charge in [0.25, 0.3) is 0 Å². The largest absolute Gasteiger partial charge is 0.348 e. The van der Waals surface area contributed by atoms with Crippen LogP contribution in [-0.4, -0.2) is 49.8 Å². The van der Waals surface area contributed by atoms with Crippen LogP contribution in [0.25, 0.3) is 0 Å². The second kappa shape index (κ2) is 5.14. The normalized spacial score (nSPS) is 11.1. The van der Waals surface area contributed by atoms with Gasteiger partial charge >= 0.3 is 0 Å². The van der Waals surface area contributed by atoms with Crippen molar-refractivity contribution in [3.8, 4) is 0 Å². The van der Waals surface area contributed by atoms with E-state index < -0.39 is 5.41 Å². The summed E-state index contributed by atoms with van der Waals surface area (Å²) in [7, 11) is 6.74. The first-order valence-electron chi connectivity index (χ1n) is 5.27. The summed E-state index contributed by atoms with van der Waals surface area (Å²) in [6, 6.07) is 0. The number of carbonyl (C=O) groups is 2. The Labute approximate surface area is 92.2 Å². The average Bonchev–Trinajstić information content (AvgIpc) is 2.19. The van der Waals surface area contributed by atoms with Crippen LogP contribution in [0.5, 0.6) is 0 Å². The fraction of sp³-hybridized carbons (Fsp3) is 0.818. The second-order valence-corrected chi connectivity index (χ2v) is 4.19. The van der Waals surface area contributed by atoms with Gasteiger partial charge in [-0.3, -0.25) is 9.59 Å². The quantitative estimate of drug-likeness (QED) is 0.654. The van der Waals surface area contributed by atoms with Crippen molar-refractivity contribution >= 4 is 11.8 Å². The van der Waals surface area contributed by atoms with E-state index in [0.29, 0.717) is 12.8 Å². The van der Waals surface area contributed by atoms with E-state index in [0.717, 1.165) is 0 Å². The van der Waals surface area contributed by atoms with E-state index >= 15 is 0 Å². The van der Waals surface area contributed by atoms with Crippen LogP contribution >= 0.6 is 0 Å². The van der Waals surface area contributed by atoms with Gasteiger partial charge in [-0.15, -0.1) is 0 Å². The Morgan fingerprint density at radius 1 is 0.867 bits per heavy atom. The Hall–Kier alpha value is -1.06. The maximum absolute atomic E-state index is 12.1. The van der Waals surface area contributed by atoms with Crippen molar-refractivity contribution in [3.05, 3.63) is 0 Å². The van der Waals surface area contributed by atoms with E-state index in [9.17, 15) is 9.59 Å². The molecule has 0 saturated carbocycles. The predicted molar refractivity (Wildman–Crippen MR) is 60.4 cm³/mol. The summed E-state index contributed by atoms with van der Waals surface area (Å²) in [5, 5.41) is 0. The standard InChI is InChI=1S/C11H22N2O2/c1-7-11(8-2,9(14)12(3)4)10(15)13(5)6/h7-8H2,1-6H3. The monoisotopic (exact) mass is 214 g/mol. The number of rotatable bonds is 4. The van der Waals surface area contributed by atoms with Gasteiger partial charge in [-0.2, -0.15) is 0 Å². The molecule has 88 valence electrons. The lowest BCUT2D eigenvalue weighted by molar-refractivity contribution is -0.154. The first kappa shape index (κ1) is 13.9. The number of amides is 2. The number of hydrogen-bond acceptors (Lipinski definition) is 2. The Bertz CT molecular complexity index is 221. The highest BCUT2D eigenvalue weighted by Gasteiger charge is 2.44. The molecule has 0 bridgehead atoms. The smallest absolute Gasteiger partial charge is 0.237 e. The lowest BCUT2D eigenvalue weighted by Crippen LogP contribution is -2.50. The molecule has 4 heteroatoms. The molecule has 4 nitrogen and oxygen atoms in total. The van der Waals surface area contributed by atoms with Crippen LogP contribution in [0.4, 0.5) is 0 Å². The van der Waals surface area contributed by atoms with Gasteiger partial charge in [0.05, 0.1) is 0 Å². The maximum atomic E-state index is 12.1. The molecule has 0 aromatic carbocycles. The summed E-state index contributed by atoms with van der Waals surface area (Å²) < 4.78 is 0. The minimum atomic E-state index is -0.882. The molecule has 0 aliphatic heterocycles. The van der Waals surface area contributed by atoms with Crippen molar-refractivity contribution in [1.29, 1.82) is 0 Å². The van der Waals surface area contributed by atoms with E-state index in [1.165, 1.54) is 9.80 Å². The highest BCUT2D eigenvalue weighted by molar-refractivity contribution is 6.04. The molecule has 0 saturated heterocycles. The molecule has 0 fully saturated rings. The van der Waals surface area contributed by atoms with Crippen LogP contribution in [0.3, 0.4) is 0 Å². The van der Waals surface area contributed by atoms with Crippen LogP contribution < -0.4 is 0 Å². The minimum Gasteiger partial charge on any atom is -0.348 e. The molecule has 0 aliphatic carbocycles. The van der Waals surface area contributed by atoms with Crippen LogP contribution in [0.1, 0.15) is 26.7 Å². The maximum Gasteiger partial charge on any atom is 0.237 e. The summed E-state index contributed by atoms with van der Waals surface area (Å²) in [6.07, 6.45) is 1.08. The first-order chi connectivity index (χ1) is 6.83. The fourth-order valence-electron chi connectivity index (χ4n) is 1.80. The van der Waals surface area contributed by atoms with Gasteiger partial charge in [0.1, 0.15) is 5.41 Å². The van der Waals surface area contributed by atoms with Crippen molar-refractivity contribution in [2.75, 3.05) is 28.2 Å². The minimum absolute atomic E-state index is 0.105. The van der Waals surface area contributed by atoms with Gasteiger partial charge in [-0.05, 0) is 12.8 Å². The van der Waals surface area contributed by atoms with Gasteiger partial charge in [-0.25, -0.2) is 0 Å². The van der Waals surface area contributed by atoms with Crippen molar-refractivity contribution in [3.63, 3.8) is 0 Å². The third kappa shape index (κ3) is 2.49. The number of hydrogen-bond donors (Lipinski definition) is 0. The SMILES string of the molecule is CCC(CC)(C(=O)N(C)C)C(=O)N(C)C. The van der Waals surface area contributed by atoms with Crippen molar-refractivity contribution in [2.45, 2.75) is 26.7 Å². The van der Waals surface area contributed by atoms with Gasteiger partial charge in [-0.1, -0.05) is 13.8 Å². The molecule has 0 radical (unpaired) electrons. The molecule has 15 heavy (non-hydrogen) atoms. The van der Waals surface area contributed by atoms with Crippen LogP contribution in [0.15, 0.2) is 0 Å². The molecule has 0 heterocycles. The van der Waals surface area contributed by atoms with Crippen molar-refractivity contribution in [1.82, 2.24) is 9.80 Å². The van der Waals surface area contributed by atoms with Crippen LogP contribution in [-0.2, 0) is 9.59 Å². The second-order valence-electron chi connectivity index (χ2n) is 4.19. The summed E-state index contributed by atoms with van der Waals surface area (Å²) in [4.78, 5) is 27.1. The van der Waals surface area contributed by atoms with E-state index in [4.69, 9.17) is 0 Å². The van der Waals surface area contributed by atoms with Gasteiger partial charge in [0, 0.05) is 28.2 Å². The lowest BCUT2D eigenvalue weighted by atomic mass is 9.79. The van der Waals surface area contributed by atoms with E-state index in [1.807, 2.05) is 13.8 Å². The van der Waals surface area contributed by atoms with E-state index in [-0.39, 0.29) is 11.8 Å². The highest BCUT2D eigenvalue weighted by atomic mass is 16.2. The average molecular weight is 214 g/mol. The molecule has 0 aromatic heterocycles. The summed E-state index contributed by atoms with van der Waals surface area (Å²) >= 11 is 0. The topological polar surface area (TPSA) is 40.6 Å². The first-order valence-corrected chi connectivity index (χ1v) is 5.27. The zero-order chi connectivity index (χ0) is 12.2. The Balaban J connectivity index is 5.22. The molecule has 2 amide bonds. The molecular weight excluding hydrogens is 192 g/mol. The summed E-state index contributed by atoms with van der Waals surface area (Å²) in [5.41, 5.74) is -0.882. The fourth-order valence-corrected chi connectivity index (χ4v) is 1.80. The van der Waals surface area contributed by atoms with Crippen LogP contribution in [0, 0.1) is 5.41 Å². The summed E-state index contributed by atoms with van der Waals surface area (Å²) in [5.74, 6) is -0.211. The van der Waals surface area contributed by atoms with Gasteiger partial charge in [0.2, 0.25) is 11.8 Å². The molecule has 0 aromatic rings. The Kier molecular flexibility index (Phi) is 4.78. The molecule has 0 atom stereocenters. The highest BCUT2D eigenvalue weighted by Crippen LogP contribution is 2.30. The number of nitrogens with zero attached hydrogens (tertiary/aromatic N) is 2. The number of carbonyl (C=O) groups excluding carboxylic acids is 2. The molecule has 0 N–H and O–H groups in total. The van der Waals surface area contributed by atoms with Crippen molar-refractivity contribution in [2.24, 2.45) is 5.41 Å². The molecular formula is C11H22N2O2. The predicted octanol–water partition coefficient (Wildman–Crippen LogP) is 0.969. The van der Waals surface area contributed by atoms with E-state index in [1.54, 1.807) is 28.2 Å². The van der Waals surface area contributed by atoms with E-state index in [2.05, 4.69) is 0 Å². The third-order valence-corrected chi connectivity index (χ3v) is 2.84. The zero-order valence-corrected chi connectivity index (χ0v) is 10.6. The Morgan fingerprint density at radius 2 is 1.13 bits per heavy atom. The lowest BCUT2D eigenvalue weighted by Gasteiger charge is -2.33. The third-order valence-electron chi connectivity index (χ3n) is 2.84.